The van der Waals surface area contributed by atoms with Gasteiger partial charge >= 0.3 is 0 Å². The predicted molar refractivity (Wildman–Crippen MR) is 126 cm³/mol. The maximum absolute atomic E-state index is 13.2. The van der Waals surface area contributed by atoms with E-state index in [-0.39, 0.29) is 15.8 Å². The number of methoxy groups -OCH3 is 2. The van der Waals surface area contributed by atoms with Gasteiger partial charge in [0, 0.05) is 37.7 Å². The number of halogens is 2. The SMILES string of the molecule is COc1cc2c(cc1OC)CN(CC1CCCN(S(=O)(=O)c3cc(Cl)ccc3Cl)C1)CC2. The summed E-state index contributed by atoms with van der Waals surface area (Å²) in [5, 5.41) is 0.564. The van der Waals surface area contributed by atoms with Crippen molar-refractivity contribution in [2.75, 3.05) is 40.4 Å². The first-order chi connectivity index (χ1) is 15.3. The standard InChI is InChI=1S/C23H28Cl2N2O4S/c1-30-21-10-17-7-9-26(15-18(17)11-22(21)31-2)13-16-4-3-8-27(14-16)32(28,29)23-12-19(24)5-6-20(23)25/h5-6,10-12,16H,3-4,7-9,13-15H2,1-2H3. The Hall–Kier alpha value is -1.51. The van der Waals surface area contributed by atoms with Crippen LogP contribution < -0.4 is 9.47 Å². The van der Waals surface area contributed by atoms with Gasteiger partial charge < -0.3 is 9.47 Å². The van der Waals surface area contributed by atoms with E-state index in [0.29, 0.717) is 18.1 Å². The largest absolute Gasteiger partial charge is 0.493 e. The van der Waals surface area contributed by atoms with Gasteiger partial charge in [-0.3, -0.25) is 4.90 Å². The first kappa shape index (κ1) is 23.6. The second kappa shape index (κ2) is 9.77. The second-order valence-corrected chi connectivity index (χ2v) is 11.2. The van der Waals surface area contributed by atoms with Crippen LogP contribution in [0.4, 0.5) is 0 Å². The molecule has 2 aromatic rings. The Labute approximate surface area is 200 Å². The van der Waals surface area contributed by atoms with Crippen LogP contribution in [0.25, 0.3) is 0 Å². The third-order valence-electron chi connectivity index (χ3n) is 6.31. The molecule has 0 aromatic heterocycles. The normalized spacial score (nSPS) is 20.1. The van der Waals surface area contributed by atoms with Gasteiger partial charge in [-0.1, -0.05) is 23.2 Å². The van der Waals surface area contributed by atoms with Gasteiger partial charge in [-0.25, -0.2) is 8.42 Å². The van der Waals surface area contributed by atoms with E-state index < -0.39 is 10.0 Å². The van der Waals surface area contributed by atoms with Crippen molar-refractivity contribution in [3.05, 3.63) is 51.5 Å². The molecule has 2 heterocycles. The topological polar surface area (TPSA) is 59.1 Å². The van der Waals surface area contributed by atoms with E-state index in [1.54, 1.807) is 24.6 Å². The number of hydrogen-bond donors (Lipinski definition) is 0. The molecule has 1 saturated heterocycles. The molecule has 0 amide bonds. The second-order valence-electron chi connectivity index (χ2n) is 8.41. The average molecular weight is 499 g/mol. The summed E-state index contributed by atoms with van der Waals surface area (Å²) in [6.07, 6.45) is 2.77. The summed E-state index contributed by atoms with van der Waals surface area (Å²) >= 11 is 12.2. The Morgan fingerprint density at radius 3 is 2.47 bits per heavy atom. The Morgan fingerprint density at radius 1 is 1.03 bits per heavy atom. The van der Waals surface area contributed by atoms with Crippen LogP contribution in [0.5, 0.6) is 11.5 Å². The highest BCUT2D eigenvalue weighted by molar-refractivity contribution is 7.89. The van der Waals surface area contributed by atoms with Crippen molar-refractivity contribution in [2.45, 2.75) is 30.7 Å². The van der Waals surface area contributed by atoms with E-state index in [1.165, 1.54) is 23.3 Å². The van der Waals surface area contributed by atoms with E-state index in [9.17, 15) is 8.42 Å². The molecular formula is C23H28Cl2N2O4S. The third-order valence-corrected chi connectivity index (χ3v) is 8.89. The Kier molecular flexibility index (Phi) is 7.22. The van der Waals surface area contributed by atoms with Crippen LogP contribution in [-0.4, -0.2) is 58.0 Å². The molecule has 0 aliphatic carbocycles. The van der Waals surface area contributed by atoms with E-state index in [4.69, 9.17) is 32.7 Å². The smallest absolute Gasteiger partial charge is 0.244 e. The highest BCUT2D eigenvalue weighted by Crippen LogP contribution is 2.34. The fourth-order valence-electron chi connectivity index (χ4n) is 4.67. The molecule has 0 bridgehead atoms. The van der Waals surface area contributed by atoms with Gasteiger partial charge in [-0.15, -0.1) is 0 Å². The lowest BCUT2D eigenvalue weighted by Crippen LogP contribution is -2.44. The zero-order valence-corrected chi connectivity index (χ0v) is 20.6. The van der Waals surface area contributed by atoms with Crippen molar-refractivity contribution in [2.24, 2.45) is 5.92 Å². The van der Waals surface area contributed by atoms with Gasteiger partial charge in [0.25, 0.3) is 0 Å². The molecule has 1 fully saturated rings. The summed E-state index contributed by atoms with van der Waals surface area (Å²) < 4.78 is 38.9. The average Bonchev–Trinajstić information content (AvgIpc) is 2.79. The van der Waals surface area contributed by atoms with Crippen molar-refractivity contribution in [1.82, 2.24) is 9.21 Å². The van der Waals surface area contributed by atoms with Crippen molar-refractivity contribution >= 4 is 33.2 Å². The van der Waals surface area contributed by atoms with Crippen molar-refractivity contribution in [1.29, 1.82) is 0 Å². The fraction of sp³-hybridized carbons (Fsp3) is 0.478. The Morgan fingerprint density at radius 2 is 1.75 bits per heavy atom. The first-order valence-electron chi connectivity index (χ1n) is 10.7. The number of hydrogen-bond acceptors (Lipinski definition) is 5. The van der Waals surface area contributed by atoms with Gasteiger partial charge in [0.1, 0.15) is 4.90 Å². The zero-order valence-electron chi connectivity index (χ0n) is 18.3. The number of piperidine rings is 1. The van der Waals surface area contributed by atoms with Crippen LogP contribution in [0.15, 0.2) is 35.2 Å². The van der Waals surface area contributed by atoms with Gasteiger partial charge in [0.15, 0.2) is 11.5 Å². The van der Waals surface area contributed by atoms with Crippen LogP contribution in [0.3, 0.4) is 0 Å². The van der Waals surface area contributed by atoms with E-state index >= 15 is 0 Å². The summed E-state index contributed by atoms with van der Waals surface area (Å²) in [6.45, 7) is 3.59. The molecule has 174 valence electrons. The quantitative estimate of drug-likeness (QED) is 0.587. The van der Waals surface area contributed by atoms with E-state index in [2.05, 4.69) is 17.0 Å². The lowest BCUT2D eigenvalue weighted by Gasteiger charge is -2.37. The molecule has 2 aliphatic rings. The minimum absolute atomic E-state index is 0.0836. The maximum Gasteiger partial charge on any atom is 0.244 e. The molecule has 32 heavy (non-hydrogen) atoms. The summed E-state index contributed by atoms with van der Waals surface area (Å²) in [5.41, 5.74) is 2.52. The molecule has 2 aliphatic heterocycles. The Bertz CT molecular complexity index is 1090. The van der Waals surface area contributed by atoms with Gasteiger partial charge in [0.2, 0.25) is 10.0 Å². The molecule has 1 atom stereocenters. The monoisotopic (exact) mass is 498 g/mol. The number of benzene rings is 2. The van der Waals surface area contributed by atoms with Crippen molar-refractivity contribution in [3.63, 3.8) is 0 Å². The van der Waals surface area contributed by atoms with E-state index in [0.717, 1.165) is 50.4 Å². The number of sulfonamides is 1. The van der Waals surface area contributed by atoms with Crippen LogP contribution in [0, 0.1) is 5.92 Å². The fourth-order valence-corrected chi connectivity index (χ4v) is 6.96. The molecule has 0 N–H and O–H groups in total. The molecule has 4 rings (SSSR count). The number of ether oxygens (including phenoxy) is 2. The lowest BCUT2D eigenvalue weighted by molar-refractivity contribution is 0.167. The number of rotatable bonds is 6. The van der Waals surface area contributed by atoms with Crippen molar-refractivity contribution in [3.8, 4) is 11.5 Å². The molecule has 2 aromatic carbocycles. The minimum atomic E-state index is -3.69. The third kappa shape index (κ3) is 4.87. The van der Waals surface area contributed by atoms with Crippen LogP contribution in [0.2, 0.25) is 10.0 Å². The predicted octanol–water partition coefficient (Wildman–Crippen LogP) is 4.47. The summed E-state index contributed by atoms with van der Waals surface area (Å²) in [5.74, 6) is 1.76. The first-order valence-corrected chi connectivity index (χ1v) is 12.9. The lowest BCUT2D eigenvalue weighted by atomic mass is 9.95. The zero-order chi connectivity index (χ0) is 22.9. The molecule has 0 spiro atoms. The molecule has 0 saturated carbocycles. The van der Waals surface area contributed by atoms with E-state index in [1.807, 2.05) is 0 Å². The minimum Gasteiger partial charge on any atom is -0.493 e. The van der Waals surface area contributed by atoms with Crippen LogP contribution in [-0.2, 0) is 23.0 Å². The maximum atomic E-state index is 13.2. The molecule has 0 radical (unpaired) electrons. The number of nitrogens with zero attached hydrogens (tertiary/aromatic N) is 2. The molecular weight excluding hydrogens is 471 g/mol. The van der Waals surface area contributed by atoms with Gasteiger partial charge in [0.05, 0.1) is 19.2 Å². The molecule has 6 nitrogen and oxygen atoms in total. The Balaban J connectivity index is 1.45. The summed E-state index contributed by atoms with van der Waals surface area (Å²) in [7, 11) is -0.388. The van der Waals surface area contributed by atoms with Gasteiger partial charge in [-0.05, 0) is 66.6 Å². The highest BCUT2D eigenvalue weighted by Gasteiger charge is 2.33. The summed E-state index contributed by atoms with van der Waals surface area (Å²) in [4.78, 5) is 2.49. The van der Waals surface area contributed by atoms with Crippen LogP contribution >= 0.6 is 23.2 Å². The van der Waals surface area contributed by atoms with Gasteiger partial charge in [-0.2, -0.15) is 4.31 Å². The van der Waals surface area contributed by atoms with Crippen molar-refractivity contribution < 1.29 is 17.9 Å². The molecule has 9 heteroatoms. The summed E-state index contributed by atoms with van der Waals surface area (Å²) in [6, 6.07) is 8.69. The molecule has 1 unspecified atom stereocenters. The van der Waals surface area contributed by atoms with Crippen LogP contribution in [0.1, 0.15) is 24.0 Å². The highest BCUT2D eigenvalue weighted by atomic mass is 35.5. The number of fused-ring (bicyclic) bond motifs is 1.